The highest BCUT2D eigenvalue weighted by Crippen LogP contribution is 2.26. The molecule has 2 aromatic rings. The Morgan fingerprint density at radius 3 is 2.11 bits per heavy atom. The van der Waals surface area contributed by atoms with Crippen LogP contribution in [0.2, 0.25) is 0 Å². The number of benzene rings is 2. The van der Waals surface area contributed by atoms with E-state index in [0.29, 0.717) is 6.07 Å². The molecule has 0 aromatic heterocycles. The first-order valence-electron chi connectivity index (χ1n) is 8.39. The molecule has 0 saturated carbocycles. The van der Waals surface area contributed by atoms with Crippen LogP contribution in [0.15, 0.2) is 41.0 Å². The number of carbonyl (C=O) groups is 1. The van der Waals surface area contributed by atoms with Crippen molar-refractivity contribution >= 4 is 23.4 Å². The predicted octanol–water partition coefficient (Wildman–Crippen LogP) is 4.91. The summed E-state index contributed by atoms with van der Waals surface area (Å²) < 4.78 is 55.9. The van der Waals surface area contributed by atoms with E-state index in [4.69, 9.17) is 5.73 Å². The van der Waals surface area contributed by atoms with Crippen molar-refractivity contribution in [2.75, 3.05) is 12.4 Å². The number of aliphatic imine (C=N–C) groups is 1. The standard InChI is InChI=1S/C18H15F4N3O.C2H6/c1-9(23)11(8-24-2)10-6-15(22)16(7-14(10)21)25-18(26)17-12(19)4-3-5-13(17)20;1-2/h3-8H,23H2,1-2H3,(H,25,26);1-2H3/b11-9+,24-8?;. The number of carbonyl (C=O) groups excluding carboxylic acids is 1. The minimum Gasteiger partial charge on any atom is -0.402 e. The van der Waals surface area contributed by atoms with Crippen LogP contribution in [0.1, 0.15) is 36.7 Å². The number of rotatable bonds is 4. The first kappa shape index (κ1) is 22.9. The van der Waals surface area contributed by atoms with Gasteiger partial charge >= 0.3 is 0 Å². The normalized spacial score (nSPS) is 11.6. The highest BCUT2D eigenvalue weighted by Gasteiger charge is 2.20. The van der Waals surface area contributed by atoms with Gasteiger partial charge in [0.15, 0.2) is 0 Å². The van der Waals surface area contributed by atoms with Crippen LogP contribution in [0, 0.1) is 23.3 Å². The fraction of sp³-hybridized carbons (Fsp3) is 0.200. The second-order valence-corrected chi connectivity index (χ2v) is 5.35. The highest BCUT2D eigenvalue weighted by atomic mass is 19.1. The molecular formula is C20H21F4N3O. The summed E-state index contributed by atoms with van der Waals surface area (Å²) in [5.74, 6) is -5.39. The zero-order valence-corrected chi connectivity index (χ0v) is 15.9. The van der Waals surface area contributed by atoms with Gasteiger partial charge in [-0.05, 0) is 25.1 Å². The van der Waals surface area contributed by atoms with E-state index in [0.717, 1.165) is 24.3 Å². The molecule has 28 heavy (non-hydrogen) atoms. The second-order valence-electron chi connectivity index (χ2n) is 5.35. The van der Waals surface area contributed by atoms with Crippen LogP contribution < -0.4 is 11.1 Å². The van der Waals surface area contributed by atoms with Crippen molar-refractivity contribution in [1.82, 2.24) is 0 Å². The number of allylic oxidation sites excluding steroid dienone is 2. The van der Waals surface area contributed by atoms with Crippen molar-refractivity contribution in [2.24, 2.45) is 10.7 Å². The summed E-state index contributed by atoms with van der Waals surface area (Å²) in [4.78, 5) is 15.7. The Morgan fingerprint density at radius 1 is 1.04 bits per heavy atom. The summed E-state index contributed by atoms with van der Waals surface area (Å²) in [7, 11) is 1.44. The van der Waals surface area contributed by atoms with Crippen molar-refractivity contribution in [3.63, 3.8) is 0 Å². The predicted molar refractivity (Wildman–Crippen MR) is 103 cm³/mol. The van der Waals surface area contributed by atoms with Crippen LogP contribution in [0.5, 0.6) is 0 Å². The maximum atomic E-state index is 14.4. The topological polar surface area (TPSA) is 67.5 Å². The van der Waals surface area contributed by atoms with E-state index < -0.39 is 40.4 Å². The van der Waals surface area contributed by atoms with Crippen molar-refractivity contribution in [3.8, 4) is 0 Å². The summed E-state index contributed by atoms with van der Waals surface area (Å²) in [6.45, 7) is 5.49. The molecule has 2 rings (SSSR count). The third-order valence-electron chi connectivity index (χ3n) is 3.47. The molecule has 8 heteroatoms. The lowest BCUT2D eigenvalue weighted by molar-refractivity contribution is 0.101. The molecule has 2 aromatic carbocycles. The molecule has 0 fully saturated rings. The van der Waals surface area contributed by atoms with Gasteiger partial charge in [-0.3, -0.25) is 9.79 Å². The second kappa shape index (κ2) is 10.2. The summed E-state index contributed by atoms with van der Waals surface area (Å²) in [5, 5.41) is 1.96. The first-order chi connectivity index (χ1) is 13.3. The largest absolute Gasteiger partial charge is 0.402 e. The van der Waals surface area contributed by atoms with E-state index in [1.54, 1.807) is 0 Å². The summed E-state index contributed by atoms with van der Waals surface area (Å²) >= 11 is 0. The van der Waals surface area contributed by atoms with Gasteiger partial charge in [0.25, 0.3) is 5.91 Å². The van der Waals surface area contributed by atoms with E-state index in [1.807, 2.05) is 19.2 Å². The van der Waals surface area contributed by atoms with Crippen LogP contribution in [0.4, 0.5) is 23.2 Å². The van der Waals surface area contributed by atoms with E-state index in [-0.39, 0.29) is 16.8 Å². The monoisotopic (exact) mass is 395 g/mol. The van der Waals surface area contributed by atoms with Crippen LogP contribution in [-0.2, 0) is 0 Å². The number of anilines is 1. The van der Waals surface area contributed by atoms with Gasteiger partial charge in [-0.15, -0.1) is 0 Å². The number of nitrogens with zero attached hydrogens (tertiary/aromatic N) is 1. The fourth-order valence-electron chi connectivity index (χ4n) is 2.26. The van der Waals surface area contributed by atoms with Crippen molar-refractivity contribution in [1.29, 1.82) is 0 Å². The van der Waals surface area contributed by atoms with E-state index in [2.05, 4.69) is 4.99 Å². The molecule has 4 nitrogen and oxygen atoms in total. The third kappa shape index (κ3) is 5.18. The molecule has 3 N–H and O–H groups in total. The molecule has 0 radical (unpaired) electrons. The van der Waals surface area contributed by atoms with E-state index in [9.17, 15) is 22.4 Å². The number of hydrogen-bond acceptors (Lipinski definition) is 3. The van der Waals surface area contributed by atoms with Crippen molar-refractivity contribution in [3.05, 3.63) is 70.4 Å². The third-order valence-corrected chi connectivity index (χ3v) is 3.47. The Hall–Kier alpha value is -3.16. The molecular weight excluding hydrogens is 374 g/mol. The molecule has 1 amide bonds. The lowest BCUT2D eigenvalue weighted by atomic mass is 10.0. The van der Waals surface area contributed by atoms with Crippen LogP contribution in [0.25, 0.3) is 5.57 Å². The Bertz CT molecular complexity index is 900. The molecule has 0 aliphatic heterocycles. The minimum absolute atomic E-state index is 0.164. The minimum atomic E-state index is -1.24. The average molecular weight is 395 g/mol. The fourth-order valence-corrected chi connectivity index (χ4v) is 2.26. The SMILES string of the molecule is CC.CN=C/C(=C(/C)N)c1cc(F)c(NC(=O)c2c(F)cccc2F)cc1F. The van der Waals surface area contributed by atoms with Gasteiger partial charge in [-0.25, -0.2) is 17.6 Å². The number of hydrogen-bond donors (Lipinski definition) is 2. The lowest BCUT2D eigenvalue weighted by Crippen LogP contribution is -2.17. The van der Waals surface area contributed by atoms with Gasteiger partial charge < -0.3 is 11.1 Å². The molecule has 0 heterocycles. The van der Waals surface area contributed by atoms with Gasteiger partial charge in [0.2, 0.25) is 0 Å². The number of nitrogens with two attached hydrogens (primary N) is 1. The maximum Gasteiger partial charge on any atom is 0.261 e. The van der Waals surface area contributed by atoms with Gasteiger partial charge in [-0.1, -0.05) is 19.9 Å². The van der Waals surface area contributed by atoms with E-state index in [1.165, 1.54) is 20.2 Å². The summed E-state index contributed by atoms with van der Waals surface area (Å²) in [6, 6.07) is 4.35. The highest BCUT2D eigenvalue weighted by molar-refractivity contribution is 6.11. The van der Waals surface area contributed by atoms with Gasteiger partial charge in [0, 0.05) is 36.2 Å². The molecule has 0 saturated heterocycles. The van der Waals surface area contributed by atoms with Gasteiger partial charge in [0.1, 0.15) is 28.8 Å². The molecule has 0 unspecified atom stereocenters. The molecule has 0 bridgehead atoms. The first-order valence-corrected chi connectivity index (χ1v) is 8.39. The number of halogens is 4. The Balaban J connectivity index is 0.00000190. The van der Waals surface area contributed by atoms with Crippen LogP contribution >= 0.6 is 0 Å². The maximum absolute atomic E-state index is 14.4. The number of amides is 1. The van der Waals surface area contributed by atoms with Crippen LogP contribution in [0.3, 0.4) is 0 Å². The van der Waals surface area contributed by atoms with Gasteiger partial charge in [-0.2, -0.15) is 0 Å². The Kier molecular flexibility index (Phi) is 8.37. The van der Waals surface area contributed by atoms with Gasteiger partial charge in [0.05, 0.1) is 5.69 Å². The van der Waals surface area contributed by atoms with Crippen molar-refractivity contribution in [2.45, 2.75) is 20.8 Å². The zero-order valence-electron chi connectivity index (χ0n) is 15.9. The smallest absolute Gasteiger partial charge is 0.261 e. The average Bonchev–Trinajstić information content (AvgIpc) is 2.64. The van der Waals surface area contributed by atoms with Crippen molar-refractivity contribution < 1.29 is 22.4 Å². The summed E-state index contributed by atoms with van der Waals surface area (Å²) in [5.41, 5.74) is 4.40. The molecule has 0 aliphatic rings. The lowest BCUT2D eigenvalue weighted by Gasteiger charge is -2.12. The number of nitrogens with one attached hydrogen (secondary N) is 1. The zero-order chi connectivity index (χ0) is 21.4. The van der Waals surface area contributed by atoms with Crippen LogP contribution in [-0.4, -0.2) is 19.2 Å². The Morgan fingerprint density at radius 2 is 1.61 bits per heavy atom. The van der Waals surface area contributed by atoms with E-state index >= 15 is 0 Å². The molecule has 150 valence electrons. The summed E-state index contributed by atoms with van der Waals surface area (Å²) in [6.07, 6.45) is 1.26. The molecule has 0 spiro atoms. The molecule has 0 aliphatic carbocycles. The Labute approximate surface area is 160 Å². The quantitative estimate of drug-likeness (QED) is 0.570. The molecule has 0 atom stereocenters.